The SMILES string of the molecule is CSC1(C#N)CCN(CCCCc2ccccc2)CC1. The van der Waals surface area contributed by atoms with Gasteiger partial charge in [-0.15, -0.1) is 11.8 Å². The summed E-state index contributed by atoms with van der Waals surface area (Å²) in [5.41, 5.74) is 1.44. The Morgan fingerprint density at radius 2 is 1.90 bits per heavy atom. The molecule has 0 spiro atoms. The van der Waals surface area contributed by atoms with Crippen LogP contribution in [0.3, 0.4) is 0 Å². The predicted molar refractivity (Wildman–Crippen MR) is 86.9 cm³/mol. The summed E-state index contributed by atoms with van der Waals surface area (Å²) in [7, 11) is 0. The van der Waals surface area contributed by atoms with Crippen molar-refractivity contribution < 1.29 is 0 Å². The first kappa shape index (κ1) is 15.4. The third-order valence-corrected chi connectivity index (χ3v) is 5.57. The van der Waals surface area contributed by atoms with Gasteiger partial charge in [0.2, 0.25) is 0 Å². The molecule has 1 aromatic rings. The molecule has 0 saturated carbocycles. The van der Waals surface area contributed by atoms with Crippen LogP contribution in [0.1, 0.15) is 31.2 Å². The van der Waals surface area contributed by atoms with E-state index in [0.29, 0.717) is 0 Å². The number of rotatable bonds is 6. The third kappa shape index (κ3) is 4.26. The molecule has 1 heterocycles. The lowest BCUT2D eigenvalue weighted by Gasteiger charge is -2.36. The van der Waals surface area contributed by atoms with Crippen LogP contribution in [0.2, 0.25) is 0 Å². The zero-order chi connectivity index (χ0) is 14.3. The zero-order valence-corrected chi connectivity index (χ0v) is 13.2. The summed E-state index contributed by atoms with van der Waals surface area (Å²) in [5, 5.41) is 9.28. The van der Waals surface area contributed by atoms with E-state index in [1.807, 2.05) is 0 Å². The Kier molecular flexibility index (Phi) is 5.94. The number of aryl methyl sites for hydroxylation is 1. The van der Waals surface area contributed by atoms with Crippen molar-refractivity contribution in [3.05, 3.63) is 35.9 Å². The highest BCUT2D eigenvalue weighted by atomic mass is 32.2. The first-order valence-electron chi connectivity index (χ1n) is 7.51. The van der Waals surface area contributed by atoms with Crippen molar-refractivity contribution in [2.75, 3.05) is 25.9 Å². The van der Waals surface area contributed by atoms with Crippen molar-refractivity contribution >= 4 is 11.8 Å². The fraction of sp³-hybridized carbons (Fsp3) is 0.588. The molecule has 2 nitrogen and oxygen atoms in total. The summed E-state index contributed by atoms with van der Waals surface area (Å²) >= 11 is 1.73. The van der Waals surface area contributed by atoms with E-state index < -0.39 is 0 Å². The number of nitriles is 1. The average Bonchev–Trinajstić information content (AvgIpc) is 2.53. The smallest absolute Gasteiger partial charge is 0.104 e. The number of nitrogens with zero attached hydrogens (tertiary/aromatic N) is 2. The molecule has 3 heteroatoms. The van der Waals surface area contributed by atoms with Gasteiger partial charge in [0, 0.05) is 13.1 Å². The van der Waals surface area contributed by atoms with E-state index in [9.17, 15) is 5.26 Å². The van der Waals surface area contributed by atoms with E-state index in [2.05, 4.69) is 47.6 Å². The Labute approximate surface area is 127 Å². The third-order valence-electron chi connectivity index (χ3n) is 4.29. The van der Waals surface area contributed by atoms with Gasteiger partial charge in [-0.1, -0.05) is 30.3 Å². The molecule has 0 amide bonds. The number of thioether (sulfide) groups is 1. The number of hydrogen-bond acceptors (Lipinski definition) is 3. The number of likely N-dealkylation sites (tertiary alicyclic amines) is 1. The quantitative estimate of drug-likeness (QED) is 0.746. The Morgan fingerprint density at radius 3 is 2.50 bits per heavy atom. The molecule has 0 unspecified atom stereocenters. The molecule has 1 aliphatic rings. The molecule has 1 aliphatic heterocycles. The molecule has 0 bridgehead atoms. The minimum atomic E-state index is -0.111. The lowest BCUT2D eigenvalue weighted by molar-refractivity contribution is 0.213. The van der Waals surface area contributed by atoms with Gasteiger partial charge in [-0.2, -0.15) is 5.26 Å². The summed E-state index contributed by atoms with van der Waals surface area (Å²) in [5.74, 6) is 0. The van der Waals surface area contributed by atoms with Crippen molar-refractivity contribution in [2.45, 2.75) is 36.9 Å². The molecule has 20 heavy (non-hydrogen) atoms. The molecule has 1 saturated heterocycles. The minimum absolute atomic E-state index is 0.111. The molecule has 0 aromatic heterocycles. The summed E-state index contributed by atoms with van der Waals surface area (Å²) in [6.45, 7) is 3.35. The van der Waals surface area contributed by atoms with E-state index in [0.717, 1.165) is 25.9 Å². The van der Waals surface area contributed by atoms with E-state index in [1.54, 1.807) is 11.8 Å². The average molecular weight is 288 g/mol. The first-order chi connectivity index (χ1) is 9.78. The highest BCUT2D eigenvalue weighted by Crippen LogP contribution is 2.33. The summed E-state index contributed by atoms with van der Waals surface area (Å²) in [6, 6.07) is 13.2. The van der Waals surface area contributed by atoms with Crippen LogP contribution in [-0.4, -0.2) is 35.5 Å². The van der Waals surface area contributed by atoms with Crippen LogP contribution in [0.15, 0.2) is 30.3 Å². The van der Waals surface area contributed by atoms with Crippen LogP contribution >= 0.6 is 11.8 Å². The molecule has 0 N–H and O–H groups in total. The molecule has 1 aromatic carbocycles. The lowest BCUT2D eigenvalue weighted by atomic mass is 9.97. The normalized spacial score (nSPS) is 18.6. The van der Waals surface area contributed by atoms with Gasteiger partial charge >= 0.3 is 0 Å². The van der Waals surface area contributed by atoms with Crippen LogP contribution in [0.25, 0.3) is 0 Å². The highest BCUT2D eigenvalue weighted by Gasteiger charge is 2.33. The van der Waals surface area contributed by atoms with Gasteiger partial charge in [0.1, 0.15) is 4.75 Å². The Balaban J connectivity index is 1.63. The Hall–Kier alpha value is -0.980. The van der Waals surface area contributed by atoms with E-state index >= 15 is 0 Å². The van der Waals surface area contributed by atoms with Crippen LogP contribution < -0.4 is 0 Å². The summed E-state index contributed by atoms with van der Waals surface area (Å²) < 4.78 is -0.111. The van der Waals surface area contributed by atoms with Crippen molar-refractivity contribution in [3.63, 3.8) is 0 Å². The van der Waals surface area contributed by atoms with Crippen molar-refractivity contribution in [2.24, 2.45) is 0 Å². The maximum atomic E-state index is 9.28. The van der Waals surface area contributed by atoms with E-state index in [1.165, 1.54) is 31.4 Å². The van der Waals surface area contributed by atoms with Crippen molar-refractivity contribution in [3.8, 4) is 6.07 Å². The lowest BCUT2D eigenvalue weighted by Crippen LogP contribution is -2.41. The maximum absolute atomic E-state index is 9.28. The molecule has 1 fully saturated rings. The Morgan fingerprint density at radius 1 is 1.20 bits per heavy atom. The van der Waals surface area contributed by atoms with Crippen LogP contribution in [0, 0.1) is 11.3 Å². The summed E-state index contributed by atoms with van der Waals surface area (Å²) in [4.78, 5) is 2.52. The van der Waals surface area contributed by atoms with E-state index in [-0.39, 0.29) is 4.75 Å². The van der Waals surface area contributed by atoms with Gasteiger partial charge in [-0.25, -0.2) is 0 Å². The second-order valence-electron chi connectivity index (χ2n) is 5.59. The fourth-order valence-electron chi connectivity index (χ4n) is 2.81. The van der Waals surface area contributed by atoms with Crippen molar-refractivity contribution in [1.29, 1.82) is 5.26 Å². The van der Waals surface area contributed by atoms with Gasteiger partial charge in [0.15, 0.2) is 0 Å². The molecular formula is C17H24N2S. The predicted octanol–water partition coefficient (Wildman–Crippen LogP) is 3.73. The van der Waals surface area contributed by atoms with Crippen LogP contribution in [0.4, 0.5) is 0 Å². The molecule has 2 rings (SSSR count). The second-order valence-corrected chi connectivity index (χ2v) is 6.78. The maximum Gasteiger partial charge on any atom is 0.104 e. The molecular weight excluding hydrogens is 264 g/mol. The second kappa shape index (κ2) is 7.71. The van der Waals surface area contributed by atoms with Crippen LogP contribution in [0.5, 0.6) is 0 Å². The van der Waals surface area contributed by atoms with Gasteiger partial charge in [-0.3, -0.25) is 0 Å². The monoisotopic (exact) mass is 288 g/mol. The van der Waals surface area contributed by atoms with E-state index in [4.69, 9.17) is 0 Å². The topological polar surface area (TPSA) is 27.0 Å². The van der Waals surface area contributed by atoms with Crippen molar-refractivity contribution in [1.82, 2.24) is 4.90 Å². The fourth-order valence-corrected chi connectivity index (χ4v) is 3.49. The molecule has 0 atom stereocenters. The molecule has 0 radical (unpaired) electrons. The van der Waals surface area contributed by atoms with Gasteiger partial charge < -0.3 is 4.90 Å². The number of unbranched alkanes of at least 4 members (excludes halogenated alkanes) is 1. The first-order valence-corrected chi connectivity index (χ1v) is 8.73. The zero-order valence-electron chi connectivity index (χ0n) is 12.3. The molecule has 0 aliphatic carbocycles. The van der Waals surface area contributed by atoms with Gasteiger partial charge in [0.05, 0.1) is 6.07 Å². The number of hydrogen-bond donors (Lipinski definition) is 0. The van der Waals surface area contributed by atoms with Crippen LogP contribution in [-0.2, 0) is 6.42 Å². The number of benzene rings is 1. The minimum Gasteiger partial charge on any atom is -0.303 e. The standard InChI is InChI=1S/C17H24N2S/c1-20-17(15-18)10-13-19(14-11-17)12-6-5-9-16-7-3-2-4-8-16/h2-4,7-8H,5-6,9-14H2,1H3. The molecule has 108 valence electrons. The van der Waals surface area contributed by atoms with Gasteiger partial charge in [-0.05, 0) is 50.5 Å². The highest BCUT2D eigenvalue weighted by molar-refractivity contribution is 8.00. The Bertz CT molecular complexity index is 430. The largest absolute Gasteiger partial charge is 0.303 e. The summed E-state index contributed by atoms with van der Waals surface area (Å²) in [6.07, 6.45) is 7.80. The van der Waals surface area contributed by atoms with Gasteiger partial charge in [0.25, 0.3) is 0 Å². The number of piperidine rings is 1.